The van der Waals surface area contributed by atoms with E-state index < -0.39 is 23.0 Å². The normalized spacial score (nSPS) is 21.1. The third-order valence-corrected chi connectivity index (χ3v) is 5.67. The van der Waals surface area contributed by atoms with Crippen LogP contribution < -0.4 is 5.56 Å². The van der Waals surface area contributed by atoms with Gasteiger partial charge in [0.15, 0.2) is 4.96 Å². The zero-order chi connectivity index (χ0) is 16.9. The maximum atomic E-state index is 12.8. The Morgan fingerprint density at radius 3 is 2.74 bits per heavy atom. The molecular weight excluding hydrogens is 318 g/mol. The van der Waals surface area contributed by atoms with Crippen molar-refractivity contribution in [1.29, 1.82) is 0 Å². The van der Waals surface area contributed by atoms with Gasteiger partial charge in [-0.1, -0.05) is 0 Å². The molecular formula is C15H17N3O4S. The molecule has 122 valence electrons. The number of aromatic nitrogens is 2. The van der Waals surface area contributed by atoms with Crippen LogP contribution in [-0.4, -0.2) is 43.4 Å². The summed E-state index contributed by atoms with van der Waals surface area (Å²) >= 11 is 1.38. The highest BCUT2D eigenvalue weighted by Gasteiger charge is 2.46. The minimum atomic E-state index is -1.28. The Morgan fingerprint density at radius 2 is 2.09 bits per heavy atom. The minimum Gasteiger partial charge on any atom is -0.480 e. The third kappa shape index (κ3) is 2.16. The van der Waals surface area contributed by atoms with Crippen LogP contribution in [0.15, 0.2) is 11.0 Å². The molecule has 2 aromatic rings. The van der Waals surface area contributed by atoms with Crippen molar-refractivity contribution >= 4 is 28.2 Å². The number of fused-ring (bicyclic) bond motifs is 1. The molecule has 3 heterocycles. The molecule has 0 aliphatic carbocycles. The van der Waals surface area contributed by atoms with E-state index in [4.69, 9.17) is 0 Å². The summed E-state index contributed by atoms with van der Waals surface area (Å²) < 4.78 is 1.42. The molecule has 1 saturated heterocycles. The molecule has 0 aromatic carbocycles. The van der Waals surface area contributed by atoms with E-state index in [1.807, 2.05) is 6.92 Å². The molecule has 0 bridgehead atoms. The topological polar surface area (TPSA) is 92.0 Å². The second-order valence-electron chi connectivity index (χ2n) is 5.98. The van der Waals surface area contributed by atoms with Gasteiger partial charge in [0.1, 0.15) is 11.1 Å². The maximum absolute atomic E-state index is 12.8. The highest BCUT2D eigenvalue weighted by molar-refractivity contribution is 7.17. The van der Waals surface area contributed by atoms with Gasteiger partial charge in [-0.25, -0.2) is 9.78 Å². The van der Waals surface area contributed by atoms with Gasteiger partial charge in [-0.2, -0.15) is 0 Å². The number of aliphatic carboxylic acids is 1. The summed E-state index contributed by atoms with van der Waals surface area (Å²) in [5, 5.41) is 9.44. The Kier molecular flexibility index (Phi) is 3.51. The van der Waals surface area contributed by atoms with Crippen LogP contribution in [0.2, 0.25) is 0 Å². The lowest BCUT2D eigenvalue weighted by molar-refractivity contribution is -0.147. The van der Waals surface area contributed by atoms with Gasteiger partial charge in [-0.3, -0.25) is 14.0 Å². The van der Waals surface area contributed by atoms with Crippen molar-refractivity contribution in [3.63, 3.8) is 0 Å². The molecule has 0 radical (unpaired) electrons. The Hall–Kier alpha value is -2.22. The number of hydrogen-bond acceptors (Lipinski definition) is 5. The first-order chi connectivity index (χ1) is 10.8. The Bertz CT molecular complexity index is 885. The molecule has 2 aromatic heterocycles. The molecule has 23 heavy (non-hydrogen) atoms. The van der Waals surface area contributed by atoms with Crippen LogP contribution in [-0.2, 0) is 4.79 Å². The SMILES string of the molecule is Cc1sc2ncc(C(=O)N3CCCC3(C)C(=O)O)c(=O)n2c1C. The molecule has 1 fully saturated rings. The maximum Gasteiger partial charge on any atom is 0.329 e. The van der Waals surface area contributed by atoms with Gasteiger partial charge in [0.25, 0.3) is 11.5 Å². The fourth-order valence-corrected chi connectivity index (χ4v) is 3.91. The molecule has 1 N–H and O–H groups in total. The van der Waals surface area contributed by atoms with Crippen LogP contribution >= 0.6 is 11.3 Å². The molecule has 0 saturated carbocycles. The number of nitrogens with zero attached hydrogens (tertiary/aromatic N) is 3. The molecule has 3 rings (SSSR count). The number of aryl methyl sites for hydroxylation is 2. The van der Waals surface area contributed by atoms with Crippen LogP contribution in [0.1, 0.15) is 40.7 Å². The first kappa shape index (κ1) is 15.7. The number of amides is 1. The van der Waals surface area contributed by atoms with Crippen molar-refractivity contribution < 1.29 is 14.7 Å². The van der Waals surface area contributed by atoms with Crippen molar-refractivity contribution in [2.24, 2.45) is 0 Å². The fraction of sp³-hybridized carbons (Fsp3) is 0.467. The van der Waals surface area contributed by atoms with E-state index >= 15 is 0 Å². The zero-order valence-electron chi connectivity index (χ0n) is 13.1. The number of carboxylic acid groups (broad SMARTS) is 1. The minimum absolute atomic E-state index is 0.0854. The molecule has 8 heteroatoms. The predicted molar refractivity (Wildman–Crippen MR) is 85.1 cm³/mol. The van der Waals surface area contributed by atoms with Gasteiger partial charge in [-0.15, -0.1) is 11.3 Å². The summed E-state index contributed by atoms with van der Waals surface area (Å²) in [6, 6.07) is 0. The Labute approximate surface area is 136 Å². The van der Waals surface area contributed by atoms with Crippen molar-refractivity contribution in [2.75, 3.05) is 6.54 Å². The summed E-state index contributed by atoms with van der Waals surface area (Å²) in [4.78, 5) is 43.9. The smallest absolute Gasteiger partial charge is 0.329 e. The number of carbonyl (C=O) groups is 2. The average Bonchev–Trinajstić information content (AvgIpc) is 3.02. The largest absolute Gasteiger partial charge is 0.480 e. The quantitative estimate of drug-likeness (QED) is 0.897. The molecule has 1 aliphatic rings. The van der Waals surface area contributed by atoms with Gasteiger partial charge < -0.3 is 10.0 Å². The lowest BCUT2D eigenvalue weighted by Gasteiger charge is -2.30. The second kappa shape index (κ2) is 5.16. The van der Waals surface area contributed by atoms with E-state index in [9.17, 15) is 19.5 Å². The third-order valence-electron chi connectivity index (χ3n) is 4.60. The van der Waals surface area contributed by atoms with Crippen LogP contribution in [0.5, 0.6) is 0 Å². The number of thiazole rings is 1. The first-order valence-corrected chi connectivity index (χ1v) is 8.12. The van der Waals surface area contributed by atoms with Crippen molar-refractivity contribution in [3.05, 3.63) is 32.7 Å². The molecule has 1 unspecified atom stereocenters. The summed E-state index contributed by atoms with van der Waals surface area (Å²) in [5.41, 5.74) is -1.05. The summed E-state index contributed by atoms with van der Waals surface area (Å²) in [6.07, 6.45) is 2.24. The van der Waals surface area contributed by atoms with Gasteiger partial charge in [-0.05, 0) is 33.6 Å². The lowest BCUT2D eigenvalue weighted by atomic mass is 9.99. The van der Waals surface area contributed by atoms with Crippen molar-refractivity contribution in [1.82, 2.24) is 14.3 Å². The van der Waals surface area contributed by atoms with Gasteiger partial charge in [0.2, 0.25) is 0 Å². The predicted octanol–water partition coefficient (Wildman–Crippen LogP) is 1.45. The number of rotatable bonds is 2. The van der Waals surface area contributed by atoms with Crippen molar-refractivity contribution in [3.8, 4) is 0 Å². The fourth-order valence-electron chi connectivity index (χ4n) is 2.98. The van der Waals surface area contributed by atoms with Crippen molar-refractivity contribution in [2.45, 2.75) is 39.2 Å². The molecule has 0 spiro atoms. The Morgan fingerprint density at radius 1 is 1.39 bits per heavy atom. The van der Waals surface area contributed by atoms with Gasteiger partial charge in [0.05, 0.1) is 0 Å². The number of carboxylic acids is 1. The lowest BCUT2D eigenvalue weighted by Crippen LogP contribution is -2.51. The first-order valence-electron chi connectivity index (χ1n) is 7.30. The van der Waals surface area contributed by atoms with Gasteiger partial charge >= 0.3 is 5.97 Å². The van der Waals surface area contributed by atoms with E-state index in [0.29, 0.717) is 24.3 Å². The monoisotopic (exact) mass is 335 g/mol. The van der Waals surface area contributed by atoms with Crippen LogP contribution in [0.25, 0.3) is 4.96 Å². The zero-order valence-corrected chi connectivity index (χ0v) is 13.9. The Balaban J connectivity index is 2.12. The molecule has 1 atom stereocenters. The average molecular weight is 335 g/mol. The molecule has 1 aliphatic heterocycles. The van der Waals surface area contributed by atoms with E-state index in [1.165, 1.54) is 33.8 Å². The van der Waals surface area contributed by atoms with Crippen LogP contribution in [0.4, 0.5) is 0 Å². The summed E-state index contributed by atoms with van der Waals surface area (Å²) in [7, 11) is 0. The van der Waals surface area contributed by atoms with E-state index in [2.05, 4.69) is 4.98 Å². The second-order valence-corrected chi connectivity index (χ2v) is 7.16. The number of likely N-dealkylation sites (tertiary alicyclic amines) is 1. The van der Waals surface area contributed by atoms with Gasteiger partial charge in [0, 0.05) is 23.3 Å². The summed E-state index contributed by atoms with van der Waals surface area (Å²) in [6.45, 7) is 5.53. The number of carbonyl (C=O) groups excluding carboxylic acids is 1. The molecule has 7 nitrogen and oxygen atoms in total. The van der Waals surface area contributed by atoms with E-state index in [1.54, 1.807) is 6.92 Å². The van der Waals surface area contributed by atoms with E-state index in [-0.39, 0.29) is 5.56 Å². The molecule has 1 amide bonds. The number of hydrogen-bond donors (Lipinski definition) is 1. The summed E-state index contributed by atoms with van der Waals surface area (Å²) in [5.74, 6) is -1.62. The van der Waals surface area contributed by atoms with Crippen LogP contribution in [0, 0.1) is 13.8 Å². The standard InChI is InChI=1S/C15H17N3O4S/c1-8-9(2)23-14-16-7-10(12(20)18(8)14)11(19)17-6-4-5-15(17,3)13(21)22/h7H,4-6H2,1-3H3,(H,21,22). The highest BCUT2D eigenvalue weighted by Crippen LogP contribution is 2.30. The van der Waals surface area contributed by atoms with E-state index in [0.717, 1.165) is 10.6 Å². The highest BCUT2D eigenvalue weighted by atomic mass is 32.1. The van der Waals surface area contributed by atoms with Crippen LogP contribution in [0.3, 0.4) is 0 Å².